The predicted molar refractivity (Wildman–Crippen MR) is 168 cm³/mol. The molecule has 0 unspecified atom stereocenters. The van der Waals surface area contributed by atoms with Crippen LogP contribution in [0.25, 0.3) is 22.3 Å². The van der Waals surface area contributed by atoms with Crippen molar-refractivity contribution < 1.29 is 14.4 Å². The summed E-state index contributed by atoms with van der Waals surface area (Å²) in [5.41, 5.74) is 4.54. The Balaban J connectivity index is 1.48. The fourth-order valence-corrected chi connectivity index (χ4v) is 4.78. The Bertz CT molecular complexity index is 1880. The second-order valence-corrected chi connectivity index (χ2v) is 10.4. The molecule has 9 heteroatoms. The van der Waals surface area contributed by atoms with Gasteiger partial charge in [0.25, 0.3) is 11.2 Å². The molecule has 0 aliphatic rings. The smallest absolute Gasteiger partial charge is 0.282 e. The Morgan fingerprint density at radius 3 is 2.49 bits per heavy atom. The van der Waals surface area contributed by atoms with E-state index in [1.807, 2.05) is 56.3 Å². The predicted octanol–water partition coefficient (Wildman–Crippen LogP) is 7.26. The van der Waals surface area contributed by atoms with Crippen LogP contribution in [0.3, 0.4) is 0 Å². The number of non-ortho nitro benzene ring substituents is 1. The van der Waals surface area contributed by atoms with Gasteiger partial charge in [-0.25, -0.2) is 4.98 Å². The highest BCUT2D eigenvalue weighted by molar-refractivity contribution is 5.82. The number of nitro benzene ring substituents is 1. The van der Waals surface area contributed by atoms with Crippen molar-refractivity contribution in [3.05, 3.63) is 128 Å². The van der Waals surface area contributed by atoms with Gasteiger partial charge in [-0.2, -0.15) is 9.78 Å². The van der Waals surface area contributed by atoms with Crippen LogP contribution in [0.15, 0.2) is 94.8 Å². The van der Waals surface area contributed by atoms with Crippen LogP contribution in [-0.4, -0.2) is 27.4 Å². The maximum atomic E-state index is 13.7. The SMILES string of the molecule is CCOc1cc(C)c(-c2nc3ccccc3c(=O)n2N=Cc2ccc(OCc3cccc([N+](=O)[O-])c3)cc2)cc1C(C)C. The van der Waals surface area contributed by atoms with Crippen molar-refractivity contribution in [2.75, 3.05) is 6.61 Å². The lowest BCUT2D eigenvalue weighted by molar-refractivity contribution is -0.384. The summed E-state index contributed by atoms with van der Waals surface area (Å²) in [5, 5.41) is 16.1. The molecule has 1 heterocycles. The molecule has 0 aliphatic carbocycles. The molecule has 0 atom stereocenters. The van der Waals surface area contributed by atoms with Gasteiger partial charge in [0, 0.05) is 17.7 Å². The highest BCUT2D eigenvalue weighted by Crippen LogP contribution is 2.34. The molecule has 5 aromatic rings. The van der Waals surface area contributed by atoms with E-state index in [1.54, 1.807) is 36.5 Å². The van der Waals surface area contributed by atoms with Gasteiger partial charge in [-0.3, -0.25) is 14.9 Å². The second kappa shape index (κ2) is 12.7. The maximum absolute atomic E-state index is 13.7. The van der Waals surface area contributed by atoms with E-state index in [-0.39, 0.29) is 23.8 Å². The molecule has 9 nitrogen and oxygen atoms in total. The van der Waals surface area contributed by atoms with E-state index in [9.17, 15) is 14.9 Å². The fourth-order valence-electron chi connectivity index (χ4n) is 4.78. The van der Waals surface area contributed by atoms with Crippen molar-refractivity contribution in [2.24, 2.45) is 5.10 Å². The number of nitro groups is 1. The molecule has 0 spiro atoms. The quantitative estimate of drug-likeness (QED) is 0.0983. The first-order valence-electron chi connectivity index (χ1n) is 14.0. The first kappa shape index (κ1) is 29.2. The molecule has 0 saturated heterocycles. The van der Waals surface area contributed by atoms with Crippen molar-refractivity contribution in [1.82, 2.24) is 9.66 Å². The first-order valence-corrected chi connectivity index (χ1v) is 14.0. The third-order valence-electron chi connectivity index (χ3n) is 7.00. The number of hydrogen-bond donors (Lipinski definition) is 0. The van der Waals surface area contributed by atoms with E-state index in [0.29, 0.717) is 34.6 Å². The molecule has 0 amide bonds. The zero-order valence-electron chi connectivity index (χ0n) is 24.5. The van der Waals surface area contributed by atoms with Crippen molar-refractivity contribution in [3.8, 4) is 22.9 Å². The van der Waals surface area contributed by atoms with E-state index < -0.39 is 4.92 Å². The van der Waals surface area contributed by atoms with E-state index in [1.165, 1.54) is 16.8 Å². The van der Waals surface area contributed by atoms with Crippen LogP contribution in [0.4, 0.5) is 5.69 Å². The van der Waals surface area contributed by atoms with Crippen LogP contribution in [0.1, 0.15) is 48.9 Å². The van der Waals surface area contributed by atoms with Gasteiger partial charge in [0.15, 0.2) is 5.82 Å². The summed E-state index contributed by atoms with van der Waals surface area (Å²) in [4.78, 5) is 29.2. The molecule has 1 aromatic heterocycles. The molecular weight excluding hydrogens is 544 g/mol. The van der Waals surface area contributed by atoms with Crippen molar-refractivity contribution in [3.63, 3.8) is 0 Å². The van der Waals surface area contributed by atoms with Gasteiger partial charge < -0.3 is 9.47 Å². The van der Waals surface area contributed by atoms with E-state index >= 15 is 0 Å². The van der Waals surface area contributed by atoms with Crippen LogP contribution >= 0.6 is 0 Å². The third kappa shape index (κ3) is 6.46. The van der Waals surface area contributed by atoms with Crippen molar-refractivity contribution in [1.29, 1.82) is 0 Å². The average Bonchev–Trinajstić information content (AvgIpc) is 3.00. The number of para-hydroxylation sites is 1. The summed E-state index contributed by atoms with van der Waals surface area (Å²) in [5.74, 6) is 2.06. The Morgan fingerprint density at radius 2 is 1.77 bits per heavy atom. The second-order valence-electron chi connectivity index (χ2n) is 10.4. The number of fused-ring (bicyclic) bond motifs is 1. The number of rotatable bonds is 10. The first-order chi connectivity index (χ1) is 20.7. The third-order valence-corrected chi connectivity index (χ3v) is 7.00. The summed E-state index contributed by atoms with van der Waals surface area (Å²) in [6, 6.07) is 24.8. The summed E-state index contributed by atoms with van der Waals surface area (Å²) in [6.45, 7) is 8.89. The Hall–Kier alpha value is -5.31. The van der Waals surface area contributed by atoms with Gasteiger partial charge in [0.1, 0.15) is 18.1 Å². The van der Waals surface area contributed by atoms with Gasteiger partial charge in [0.2, 0.25) is 0 Å². The Morgan fingerprint density at radius 1 is 1.00 bits per heavy atom. The van der Waals surface area contributed by atoms with Crippen LogP contribution in [0.2, 0.25) is 0 Å². The lowest BCUT2D eigenvalue weighted by atomic mass is 9.96. The monoisotopic (exact) mass is 576 g/mol. The minimum absolute atomic E-state index is 0.0197. The molecule has 0 saturated carbocycles. The molecule has 4 aromatic carbocycles. The molecule has 0 radical (unpaired) electrons. The number of hydrogen-bond acceptors (Lipinski definition) is 7. The van der Waals surface area contributed by atoms with E-state index in [2.05, 4.69) is 18.9 Å². The van der Waals surface area contributed by atoms with Gasteiger partial charge in [-0.05, 0) is 90.6 Å². The number of benzene rings is 4. The van der Waals surface area contributed by atoms with Gasteiger partial charge in [0.05, 0.1) is 28.6 Å². The standard InChI is InChI=1S/C34H32N4O5/c1-5-42-32-17-23(4)30(19-29(32)22(2)3)33-36-31-12-7-6-11-28(31)34(39)37(33)35-20-24-13-15-27(16-14-24)43-21-25-9-8-10-26(18-25)38(40)41/h6-20,22H,5,21H2,1-4H3. The van der Waals surface area contributed by atoms with Crippen LogP contribution in [0.5, 0.6) is 11.5 Å². The molecule has 0 aliphatic heterocycles. The van der Waals surface area contributed by atoms with Gasteiger partial charge >= 0.3 is 0 Å². The fraction of sp³-hybridized carbons (Fsp3) is 0.206. The van der Waals surface area contributed by atoms with Crippen LogP contribution < -0.4 is 15.0 Å². The lowest BCUT2D eigenvalue weighted by Gasteiger charge is -2.18. The maximum Gasteiger partial charge on any atom is 0.282 e. The molecule has 43 heavy (non-hydrogen) atoms. The van der Waals surface area contributed by atoms with Crippen molar-refractivity contribution in [2.45, 2.75) is 40.2 Å². The summed E-state index contributed by atoms with van der Waals surface area (Å²) in [6.07, 6.45) is 1.61. The number of aromatic nitrogens is 2. The number of ether oxygens (including phenoxy) is 2. The highest BCUT2D eigenvalue weighted by atomic mass is 16.6. The van der Waals surface area contributed by atoms with E-state index in [4.69, 9.17) is 14.5 Å². The Kier molecular flexibility index (Phi) is 8.61. The normalized spacial score (nSPS) is 11.4. The summed E-state index contributed by atoms with van der Waals surface area (Å²) < 4.78 is 13.1. The molecule has 5 rings (SSSR count). The van der Waals surface area contributed by atoms with Gasteiger partial charge in [-0.15, -0.1) is 0 Å². The summed E-state index contributed by atoms with van der Waals surface area (Å²) >= 11 is 0. The topological polar surface area (TPSA) is 109 Å². The molecular formula is C34H32N4O5. The molecule has 0 bridgehead atoms. The largest absolute Gasteiger partial charge is 0.494 e. The van der Waals surface area contributed by atoms with Crippen LogP contribution in [0, 0.1) is 17.0 Å². The zero-order valence-corrected chi connectivity index (χ0v) is 24.5. The number of aryl methyl sites for hydroxylation is 1. The number of nitrogens with zero attached hydrogens (tertiary/aromatic N) is 4. The van der Waals surface area contributed by atoms with Gasteiger partial charge in [-0.1, -0.05) is 38.1 Å². The molecule has 0 fully saturated rings. The van der Waals surface area contributed by atoms with Crippen LogP contribution in [-0.2, 0) is 6.61 Å². The Labute approximate surface area is 249 Å². The minimum atomic E-state index is -0.431. The molecule has 0 N–H and O–H groups in total. The van der Waals surface area contributed by atoms with Crippen molar-refractivity contribution >= 4 is 22.8 Å². The lowest BCUT2D eigenvalue weighted by Crippen LogP contribution is -2.20. The highest BCUT2D eigenvalue weighted by Gasteiger charge is 2.18. The zero-order chi connectivity index (χ0) is 30.5. The minimum Gasteiger partial charge on any atom is -0.494 e. The average molecular weight is 577 g/mol. The molecule has 218 valence electrons. The summed E-state index contributed by atoms with van der Waals surface area (Å²) in [7, 11) is 0. The van der Waals surface area contributed by atoms with E-state index in [0.717, 1.165) is 28.0 Å².